The van der Waals surface area contributed by atoms with Crippen LogP contribution in [0.15, 0.2) is 125 Å². The fourth-order valence-corrected chi connectivity index (χ4v) is 5.88. The lowest BCUT2D eigenvalue weighted by Crippen LogP contribution is -2.53. The Morgan fingerprint density at radius 2 is 1.67 bits per heavy atom. The van der Waals surface area contributed by atoms with Crippen LogP contribution >= 0.6 is 0 Å². The van der Waals surface area contributed by atoms with Gasteiger partial charge in [-0.2, -0.15) is 10.8 Å². The van der Waals surface area contributed by atoms with E-state index in [1.165, 1.54) is 0 Å². The molecule has 208 valence electrons. The molecule has 1 fully saturated rings. The summed E-state index contributed by atoms with van der Waals surface area (Å²) in [6.07, 6.45) is 6.67. The van der Waals surface area contributed by atoms with E-state index in [0.717, 1.165) is 63.4 Å². The Labute approximate surface area is 244 Å². The molecule has 42 heavy (non-hydrogen) atoms. The highest BCUT2D eigenvalue weighted by atomic mass is 16.6. The van der Waals surface area contributed by atoms with Gasteiger partial charge in [-0.1, -0.05) is 72.8 Å². The topological polar surface area (TPSA) is 93.2 Å². The SMILES string of the molecule is N[N+]12C=CN=CC1=C(C1CCN(C(=O)OCc3ccccc3)CC1)N=C2c1ccc2ccc(-c3ccccc3)nc2c1. The number of allylic oxidation sites excluding steroid dienone is 2. The van der Waals surface area contributed by atoms with Crippen LogP contribution in [-0.2, 0) is 11.3 Å². The summed E-state index contributed by atoms with van der Waals surface area (Å²) >= 11 is 0. The minimum atomic E-state index is -0.282. The van der Waals surface area contributed by atoms with Crippen molar-refractivity contribution in [1.82, 2.24) is 9.88 Å². The zero-order valence-electron chi connectivity index (χ0n) is 23.1. The molecule has 1 unspecified atom stereocenters. The number of fused-ring (bicyclic) bond motifs is 2. The number of pyridine rings is 1. The van der Waals surface area contributed by atoms with Gasteiger partial charge in [0.05, 0.1) is 29.2 Å². The number of hydrogen-bond donors (Lipinski definition) is 1. The summed E-state index contributed by atoms with van der Waals surface area (Å²) in [6.45, 7) is 1.46. The van der Waals surface area contributed by atoms with Crippen LogP contribution in [0.1, 0.15) is 24.0 Å². The van der Waals surface area contributed by atoms with Crippen molar-refractivity contribution < 1.29 is 14.1 Å². The second-order valence-corrected chi connectivity index (χ2v) is 10.8. The van der Waals surface area contributed by atoms with Crippen LogP contribution in [0.4, 0.5) is 4.79 Å². The van der Waals surface area contributed by atoms with E-state index in [0.29, 0.717) is 13.1 Å². The maximum atomic E-state index is 12.7. The van der Waals surface area contributed by atoms with Crippen molar-refractivity contribution in [2.24, 2.45) is 21.7 Å². The van der Waals surface area contributed by atoms with Gasteiger partial charge >= 0.3 is 6.09 Å². The van der Waals surface area contributed by atoms with Gasteiger partial charge in [0.2, 0.25) is 5.70 Å². The van der Waals surface area contributed by atoms with Crippen molar-refractivity contribution in [3.63, 3.8) is 0 Å². The van der Waals surface area contributed by atoms with E-state index in [4.69, 9.17) is 20.6 Å². The number of amides is 1. The Hall–Kier alpha value is -4.92. The summed E-state index contributed by atoms with van der Waals surface area (Å²) in [5.41, 5.74) is 6.56. The Kier molecular flexibility index (Phi) is 6.70. The smallest absolute Gasteiger partial charge is 0.410 e. The molecule has 1 atom stereocenters. The zero-order chi connectivity index (χ0) is 28.5. The third-order valence-corrected chi connectivity index (χ3v) is 8.19. The third kappa shape index (κ3) is 4.81. The minimum Gasteiger partial charge on any atom is -0.445 e. The van der Waals surface area contributed by atoms with Gasteiger partial charge in [0.25, 0.3) is 5.84 Å². The van der Waals surface area contributed by atoms with Crippen LogP contribution in [0, 0.1) is 5.92 Å². The van der Waals surface area contributed by atoms with Gasteiger partial charge in [0.1, 0.15) is 18.5 Å². The Balaban J connectivity index is 1.13. The molecular formula is C34H31N6O2+. The summed E-state index contributed by atoms with van der Waals surface area (Å²) in [6, 6.07) is 30.2. The van der Waals surface area contributed by atoms with Crippen molar-refractivity contribution >= 4 is 29.0 Å². The lowest BCUT2D eigenvalue weighted by atomic mass is 9.92. The van der Waals surface area contributed by atoms with Crippen LogP contribution in [0.5, 0.6) is 0 Å². The molecular weight excluding hydrogens is 524 g/mol. The number of carbonyl (C=O) groups is 1. The highest BCUT2D eigenvalue weighted by Crippen LogP contribution is 2.38. The average molecular weight is 556 g/mol. The van der Waals surface area contributed by atoms with E-state index in [1.807, 2.05) is 67.0 Å². The predicted octanol–water partition coefficient (Wildman–Crippen LogP) is 6.17. The largest absolute Gasteiger partial charge is 0.445 e. The Morgan fingerprint density at radius 3 is 2.45 bits per heavy atom. The first-order valence-electron chi connectivity index (χ1n) is 14.2. The number of aromatic nitrogens is 1. The summed E-state index contributed by atoms with van der Waals surface area (Å²) in [5, 5.41) is 1.05. The first-order valence-corrected chi connectivity index (χ1v) is 14.2. The standard InChI is InChI=1S/C34H31N6O2/c35-40-20-17-36-22-31(40)32(27-15-18-39(19-16-27)34(41)42-23-24-7-3-1-4-8-24)38-33(40)28-12-11-26-13-14-29(37-30(26)21-28)25-9-5-2-6-10-25/h1-14,17,20-22,27H,15-16,18-19,23,35H2/q+1. The lowest BCUT2D eigenvalue weighted by Gasteiger charge is -2.31. The van der Waals surface area contributed by atoms with Gasteiger partial charge < -0.3 is 9.64 Å². The highest BCUT2D eigenvalue weighted by molar-refractivity contribution is 6.02. The molecule has 3 aliphatic heterocycles. The molecule has 8 heteroatoms. The van der Waals surface area contributed by atoms with Gasteiger partial charge in [-0.15, -0.1) is 4.59 Å². The number of quaternary nitrogens is 1. The number of benzene rings is 3. The number of ether oxygens (including phenoxy) is 1. The molecule has 7 rings (SSSR count). The second-order valence-electron chi connectivity index (χ2n) is 10.8. The molecule has 0 spiro atoms. The number of rotatable bonds is 5. The minimum absolute atomic E-state index is 0.0396. The van der Waals surface area contributed by atoms with Gasteiger partial charge in [-0.3, -0.25) is 4.99 Å². The summed E-state index contributed by atoms with van der Waals surface area (Å²) in [4.78, 5) is 29.1. The van der Waals surface area contributed by atoms with Gasteiger partial charge in [0, 0.05) is 30.0 Å². The molecule has 3 aromatic carbocycles. The van der Waals surface area contributed by atoms with Gasteiger partial charge in [0.15, 0.2) is 0 Å². The lowest BCUT2D eigenvalue weighted by molar-refractivity contribution is -0.750. The quantitative estimate of drug-likeness (QED) is 0.236. The molecule has 1 amide bonds. The van der Waals surface area contributed by atoms with Crippen molar-refractivity contribution in [2.75, 3.05) is 13.1 Å². The Morgan fingerprint density at radius 1 is 0.929 bits per heavy atom. The Bertz CT molecular complexity index is 1770. The molecule has 0 radical (unpaired) electrons. The molecule has 0 saturated carbocycles. The summed E-state index contributed by atoms with van der Waals surface area (Å²) in [5.74, 6) is 7.93. The number of amidine groups is 1. The third-order valence-electron chi connectivity index (χ3n) is 8.19. The summed E-state index contributed by atoms with van der Waals surface area (Å²) in [7, 11) is 0. The van der Waals surface area contributed by atoms with Crippen LogP contribution in [0.3, 0.4) is 0 Å². The van der Waals surface area contributed by atoms with Gasteiger partial charge in [-0.05, 0) is 36.6 Å². The average Bonchev–Trinajstić information content (AvgIpc) is 3.37. The number of piperidine rings is 1. The maximum absolute atomic E-state index is 12.7. The van der Waals surface area contributed by atoms with Crippen LogP contribution in [-0.4, -0.2) is 45.7 Å². The number of hydrogen-bond acceptors (Lipinski definition) is 6. The highest BCUT2D eigenvalue weighted by Gasteiger charge is 2.46. The molecule has 4 heterocycles. The first-order chi connectivity index (χ1) is 20.6. The van der Waals surface area contributed by atoms with Crippen molar-refractivity contribution in [3.05, 3.63) is 126 Å². The number of carbonyl (C=O) groups excluding carboxylic acids is 1. The van der Waals surface area contributed by atoms with Crippen LogP contribution in [0.25, 0.3) is 22.2 Å². The van der Waals surface area contributed by atoms with Crippen LogP contribution < -0.4 is 5.84 Å². The second kappa shape index (κ2) is 10.8. The van der Waals surface area contributed by atoms with Crippen molar-refractivity contribution in [2.45, 2.75) is 19.4 Å². The first kappa shape index (κ1) is 26.0. The molecule has 3 aliphatic rings. The van der Waals surface area contributed by atoms with Crippen LogP contribution in [0.2, 0.25) is 0 Å². The van der Waals surface area contributed by atoms with E-state index in [-0.39, 0.29) is 23.2 Å². The summed E-state index contributed by atoms with van der Waals surface area (Å²) < 4.78 is 5.53. The molecule has 1 aromatic heterocycles. The number of nitrogens with two attached hydrogens (primary N) is 1. The number of aliphatic imine (C=N–C) groups is 2. The number of likely N-dealkylation sites (tertiary alicyclic amines) is 1. The fraction of sp³-hybridized carbons (Fsp3) is 0.176. The van der Waals surface area contributed by atoms with E-state index < -0.39 is 0 Å². The van der Waals surface area contributed by atoms with Crippen molar-refractivity contribution in [1.29, 1.82) is 0 Å². The molecule has 0 bridgehead atoms. The van der Waals surface area contributed by atoms with E-state index in [1.54, 1.807) is 11.1 Å². The fourth-order valence-electron chi connectivity index (χ4n) is 5.88. The van der Waals surface area contributed by atoms with Crippen molar-refractivity contribution in [3.8, 4) is 11.3 Å². The normalized spacial score (nSPS) is 20.1. The van der Waals surface area contributed by atoms with E-state index in [9.17, 15) is 4.79 Å². The zero-order valence-corrected chi connectivity index (χ0v) is 23.1. The van der Waals surface area contributed by atoms with E-state index >= 15 is 0 Å². The van der Waals surface area contributed by atoms with E-state index in [2.05, 4.69) is 41.4 Å². The molecule has 4 aromatic rings. The number of nitrogens with zero attached hydrogens (tertiary/aromatic N) is 5. The molecule has 8 nitrogen and oxygen atoms in total. The van der Waals surface area contributed by atoms with Gasteiger partial charge in [-0.25, -0.2) is 9.78 Å². The maximum Gasteiger partial charge on any atom is 0.410 e. The molecule has 2 N–H and O–H groups in total. The molecule has 1 saturated heterocycles. The molecule has 0 aliphatic carbocycles. The monoisotopic (exact) mass is 555 g/mol. The predicted molar refractivity (Wildman–Crippen MR) is 164 cm³/mol.